The maximum atomic E-state index is 11.7. The number of aromatic nitrogens is 2. The lowest BCUT2D eigenvalue weighted by atomic mass is 10.0. The van der Waals surface area contributed by atoms with Crippen LogP contribution in [0.2, 0.25) is 0 Å². The molecular formula is C20H20N2O3S. The van der Waals surface area contributed by atoms with Crippen molar-refractivity contribution in [1.29, 1.82) is 0 Å². The van der Waals surface area contributed by atoms with Gasteiger partial charge < -0.3 is 4.74 Å². The number of sulfone groups is 1. The number of fused-ring (bicyclic) bond motifs is 3. The van der Waals surface area contributed by atoms with E-state index in [0.717, 1.165) is 47.1 Å². The van der Waals surface area contributed by atoms with Crippen LogP contribution in [0.25, 0.3) is 16.9 Å². The molecule has 1 aromatic heterocycles. The summed E-state index contributed by atoms with van der Waals surface area (Å²) in [6.45, 7) is 1.99. The van der Waals surface area contributed by atoms with E-state index in [9.17, 15) is 8.42 Å². The molecule has 0 unspecified atom stereocenters. The molecule has 2 heterocycles. The van der Waals surface area contributed by atoms with Crippen molar-refractivity contribution in [2.24, 2.45) is 0 Å². The summed E-state index contributed by atoms with van der Waals surface area (Å²) >= 11 is 0. The maximum absolute atomic E-state index is 11.7. The number of methoxy groups -OCH3 is 1. The second-order valence-corrected chi connectivity index (χ2v) is 8.60. The van der Waals surface area contributed by atoms with E-state index in [1.165, 1.54) is 11.8 Å². The Bertz CT molecular complexity index is 1100. The lowest BCUT2D eigenvalue weighted by molar-refractivity contribution is 0.414. The first kappa shape index (κ1) is 16.8. The molecule has 3 aromatic rings. The average Bonchev–Trinajstić information content (AvgIpc) is 2.96. The van der Waals surface area contributed by atoms with Crippen LogP contribution in [0.3, 0.4) is 0 Å². The summed E-state index contributed by atoms with van der Waals surface area (Å²) in [5.41, 5.74) is 5.23. The van der Waals surface area contributed by atoms with E-state index in [1.54, 1.807) is 19.2 Å². The van der Waals surface area contributed by atoms with Crippen LogP contribution in [-0.4, -0.2) is 31.3 Å². The molecule has 0 radical (unpaired) electrons. The Morgan fingerprint density at radius 3 is 2.46 bits per heavy atom. The van der Waals surface area contributed by atoms with Crippen molar-refractivity contribution >= 4 is 9.84 Å². The van der Waals surface area contributed by atoms with Crippen molar-refractivity contribution in [2.75, 3.05) is 13.4 Å². The number of imidazole rings is 1. The van der Waals surface area contributed by atoms with Crippen LogP contribution in [0.1, 0.15) is 17.1 Å². The molecule has 26 heavy (non-hydrogen) atoms. The van der Waals surface area contributed by atoms with E-state index in [-0.39, 0.29) is 0 Å². The topological polar surface area (TPSA) is 61.2 Å². The number of hydrogen-bond acceptors (Lipinski definition) is 4. The molecule has 1 aliphatic heterocycles. The summed E-state index contributed by atoms with van der Waals surface area (Å²) in [7, 11) is -1.54. The third-order valence-electron chi connectivity index (χ3n) is 4.82. The molecule has 0 saturated carbocycles. The van der Waals surface area contributed by atoms with Gasteiger partial charge in [-0.1, -0.05) is 12.1 Å². The number of ether oxygens (including phenoxy) is 1. The van der Waals surface area contributed by atoms with E-state index in [1.807, 2.05) is 25.1 Å². The fourth-order valence-electron chi connectivity index (χ4n) is 3.57. The molecule has 0 N–H and O–H groups in total. The van der Waals surface area contributed by atoms with Gasteiger partial charge in [0, 0.05) is 18.2 Å². The highest BCUT2D eigenvalue weighted by atomic mass is 32.2. The SMILES string of the molecule is COc1ccc2c(c1)CCc1nc(C)c(-c3ccc(S(C)(=O)=O)cc3)n1-2. The maximum Gasteiger partial charge on any atom is 0.175 e. The number of hydrogen-bond donors (Lipinski definition) is 0. The Morgan fingerprint density at radius 2 is 1.81 bits per heavy atom. The largest absolute Gasteiger partial charge is 0.497 e. The predicted octanol–water partition coefficient (Wildman–Crippen LogP) is 3.36. The number of nitrogens with zero attached hydrogens (tertiary/aromatic N) is 2. The van der Waals surface area contributed by atoms with Gasteiger partial charge in [0.1, 0.15) is 11.6 Å². The van der Waals surface area contributed by atoms with Gasteiger partial charge in [-0.3, -0.25) is 4.57 Å². The Kier molecular flexibility index (Phi) is 3.88. The fourth-order valence-corrected chi connectivity index (χ4v) is 4.20. The molecule has 6 heteroatoms. The van der Waals surface area contributed by atoms with Crippen molar-refractivity contribution in [1.82, 2.24) is 9.55 Å². The lowest BCUT2D eigenvalue weighted by Gasteiger charge is -2.21. The summed E-state index contributed by atoms with van der Waals surface area (Å²) in [6.07, 6.45) is 3.01. The molecule has 2 aromatic carbocycles. The van der Waals surface area contributed by atoms with Gasteiger partial charge in [0.15, 0.2) is 9.84 Å². The van der Waals surface area contributed by atoms with Gasteiger partial charge in [0.05, 0.1) is 29.1 Å². The van der Waals surface area contributed by atoms with E-state index in [2.05, 4.69) is 16.7 Å². The Morgan fingerprint density at radius 1 is 1.08 bits per heavy atom. The zero-order valence-electron chi connectivity index (χ0n) is 15.0. The second kappa shape index (κ2) is 5.99. The van der Waals surface area contributed by atoms with Crippen LogP contribution in [0.4, 0.5) is 0 Å². The minimum Gasteiger partial charge on any atom is -0.497 e. The van der Waals surface area contributed by atoms with Gasteiger partial charge in [0.2, 0.25) is 0 Å². The molecule has 0 bridgehead atoms. The fraction of sp³-hybridized carbons (Fsp3) is 0.250. The summed E-state index contributed by atoms with van der Waals surface area (Å²) < 4.78 is 31.0. The van der Waals surface area contributed by atoms with E-state index in [4.69, 9.17) is 9.72 Å². The summed E-state index contributed by atoms with van der Waals surface area (Å²) in [6, 6.07) is 13.1. The van der Waals surface area contributed by atoms with Crippen LogP contribution < -0.4 is 4.74 Å². The van der Waals surface area contributed by atoms with Gasteiger partial charge in [-0.2, -0.15) is 0 Å². The Hall–Kier alpha value is -2.60. The quantitative estimate of drug-likeness (QED) is 0.711. The molecule has 1 aliphatic rings. The van der Waals surface area contributed by atoms with Crippen molar-refractivity contribution in [3.05, 3.63) is 59.5 Å². The van der Waals surface area contributed by atoms with Crippen LogP contribution in [0, 0.1) is 6.92 Å². The number of aryl methyl sites for hydroxylation is 3. The molecule has 5 nitrogen and oxygen atoms in total. The van der Waals surface area contributed by atoms with Gasteiger partial charge >= 0.3 is 0 Å². The molecule has 0 amide bonds. The van der Waals surface area contributed by atoms with E-state index >= 15 is 0 Å². The summed E-state index contributed by atoms with van der Waals surface area (Å²) in [5, 5.41) is 0. The molecule has 0 fully saturated rings. The molecule has 4 rings (SSSR count). The van der Waals surface area contributed by atoms with Crippen LogP contribution >= 0.6 is 0 Å². The van der Waals surface area contributed by atoms with Crippen LogP contribution in [0.5, 0.6) is 5.75 Å². The average molecular weight is 368 g/mol. The molecule has 134 valence electrons. The van der Waals surface area contributed by atoms with E-state index in [0.29, 0.717) is 4.90 Å². The van der Waals surface area contributed by atoms with E-state index < -0.39 is 9.84 Å². The van der Waals surface area contributed by atoms with Crippen molar-refractivity contribution in [3.63, 3.8) is 0 Å². The highest BCUT2D eigenvalue weighted by Crippen LogP contribution is 2.35. The highest BCUT2D eigenvalue weighted by molar-refractivity contribution is 7.90. The summed E-state index contributed by atoms with van der Waals surface area (Å²) in [5.74, 6) is 1.88. The predicted molar refractivity (Wildman–Crippen MR) is 101 cm³/mol. The zero-order valence-corrected chi connectivity index (χ0v) is 15.8. The monoisotopic (exact) mass is 368 g/mol. The normalized spacial score (nSPS) is 13.2. The van der Waals surface area contributed by atoms with Gasteiger partial charge in [-0.25, -0.2) is 13.4 Å². The minimum absolute atomic E-state index is 0.322. The number of benzene rings is 2. The molecule has 0 aliphatic carbocycles. The first-order valence-electron chi connectivity index (χ1n) is 8.44. The second-order valence-electron chi connectivity index (χ2n) is 6.59. The third-order valence-corrected chi connectivity index (χ3v) is 5.95. The zero-order chi connectivity index (χ0) is 18.5. The molecule has 0 atom stereocenters. The highest BCUT2D eigenvalue weighted by Gasteiger charge is 2.23. The standard InChI is InChI=1S/C20H20N2O3S/c1-13-20(14-4-8-17(9-5-14)26(3,23)24)22-18-10-7-16(25-2)12-15(18)6-11-19(22)21-13/h4-5,7-10,12H,6,11H2,1-3H3. The Labute approximate surface area is 153 Å². The summed E-state index contributed by atoms with van der Waals surface area (Å²) in [4.78, 5) is 5.08. The number of rotatable bonds is 3. The van der Waals surface area contributed by atoms with Gasteiger partial charge in [-0.15, -0.1) is 0 Å². The first-order chi connectivity index (χ1) is 12.4. The van der Waals surface area contributed by atoms with Crippen LogP contribution in [0.15, 0.2) is 47.4 Å². The van der Waals surface area contributed by atoms with Crippen LogP contribution in [-0.2, 0) is 22.7 Å². The van der Waals surface area contributed by atoms with Crippen molar-refractivity contribution in [2.45, 2.75) is 24.7 Å². The van der Waals surface area contributed by atoms with Gasteiger partial charge in [-0.05, 0) is 49.2 Å². The molecular weight excluding hydrogens is 348 g/mol. The minimum atomic E-state index is -3.21. The lowest BCUT2D eigenvalue weighted by Crippen LogP contribution is -2.13. The van der Waals surface area contributed by atoms with Crippen molar-refractivity contribution in [3.8, 4) is 22.7 Å². The third kappa shape index (κ3) is 2.70. The Balaban J connectivity index is 1.88. The molecule has 0 saturated heterocycles. The smallest absolute Gasteiger partial charge is 0.175 e. The van der Waals surface area contributed by atoms with Crippen molar-refractivity contribution < 1.29 is 13.2 Å². The first-order valence-corrected chi connectivity index (χ1v) is 10.3. The molecule has 0 spiro atoms. The van der Waals surface area contributed by atoms with Gasteiger partial charge in [0.25, 0.3) is 0 Å².